The number of hydrogen-bond donors (Lipinski definition) is 1. The van der Waals surface area contributed by atoms with Gasteiger partial charge < -0.3 is 5.32 Å². The van der Waals surface area contributed by atoms with E-state index in [1.165, 1.54) is 12.5 Å². The van der Waals surface area contributed by atoms with Gasteiger partial charge in [-0.25, -0.2) is 4.39 Å². The lowest BCUT2D eigenvalue weighted by atomic mass is 9.84. The lowest BCUT2D eigenvalue weighted by Crippen LogP contribution is -2.40. The highest BCUT2D eigenvalue weighted by Crippen LogP contribution is 2.36. The van der Waals surface area contributed by atoms with Crippen molar-refractivity contribution in [2.45, 2.75) is 25.8 Å². The molecule has 0 aliphatic carbocycles. The van der Waals surface area contributed by atoms with E-state index in [9.17, 15) is 4.39 Å². The van der Waals surface area contributed by atoms with E-state index in [0.29, 0.717) is 10.9 Å². The van der Waals surface area contributed by atoms with Crippen LogP contribution in [0.2, 0.25) is 5.02 Å². The summed E-state index contributed by atoms with van der Waals surface area (Å²) in [4.78, 5) is 2.26. The van der Waals surface area contributed by atoms with Gasteiger partial charge in [-0.15, -0.1) is 0 Å². The summed E-state index contributed by atoms with van der Waals surface area (Å²) in [5.41, 5.74) is 0.773. The Morgan fingerprint density at radius 3 is 2.95 bits per heavy atom. The maximum absolute atomic E-state index is 14.2. The largest absolute Gasteiger partial charge is 0.317 e. The van der Waals surface area contributed by atoms with Crippen molar-refractivity contribution in [1.29, 1.82) is 0 Å². The summed E-state index contributed by atoms with van der Waals surface area (Å²) in [6.45, 7) is 5.02. The average molecular weight is 285 g/mol. The van der Waals surface area contributed by atoms with E-state index >= 15 is 0 Å². The van der Waals surface area contributed by atoms with Gasteiger partial charge >= 0.3 is 0 Å². The Hall–Kier alpha value is -0.640. The lowest BCUT2D eigenvalue weighted by Gasteiger charge is -2.39. The number of hydrogen-bond acceptors (Lipinski definition) is 2. The maximum atomic E-state index is 14.2. The minimum absolute atomic E-state index is 0.144. The Kier molecular flexibility index (Phi) is 5.20. The first kappa shape index (κ1) is 14.8. The number of rotatable bonds is 4. The molecule has 0 amide bonds. The zero-order valence-corrected chi connectivity index (χ0v) is 12.4. The summed E-state index contributed by atoms with van der Waals surface area (Å²) in [6, 6.07) is 5.18. The zero-order valence-electron chi connectivity index (χ0n) is 11.6. The van der Waals surface area contributed by atoms with E-state index in [0.717, 1.165) is 31.6 Å². The summed E-state index contributed by atoms with van der Waals surface area (Å²) < 4.78 is 14.2. The molecule has 1 fully saturated rings. The van der Waals surface area contributed by atoms with Crippen LogP contribution < -0.4 is 5.32 Å². The van der Waals surface area contributed by atoms with Gasteiger partial charge in [0.1, 0.15) is 5.82 Å². The molecule has 0 spiro atoms. The molecule has 2 rings (SSSR count). The van der Waals surface area contributed by atoms with Gasteiger partial charge in [-0.1, -0.05) is 24.6 Å². The van der Waals surface area contributed by atoms with E-state index in [1.54, 1.807) is 6.07 Å². The second kappa shape index (κ2) is 6.69. The molecule has 1 N–H and O–H groups in total. The number of nitrogens with one attached hydrogen (secondary N) is 1. The Morgan fingerprint density at radius 2 is 2.26 bits per heavy atom. The molecule has 1 heterocycles. The first-order valence-corrected chi connectivity index (χ1v) is 7.37. The fourth-order valence-electron chi connectivity index (χ4n) is 3.04. The fourth-order valence-corrected chi connectivity index (χ4v) is 3.19. The highest BCUT2D eigenvalue weighted by molar-refractivity contribution is 6.30. The second-order valence-corrected chi connectivity index (χ2v) is 5.74. The number of piperidine rings is 1. The summed E-state index contributed by atoms with van der Waals surface area (Å²) >= 11 is 5.85. The number of benzene rings is 1. The molecule has 0 radical (unpaired) electrons. The summed E-state index contributed by atoms with van der Waals surface area (Å²) in [7, 11) is 2.08. The molecule has 19 heavy (non-hydrogen) atoms. The van der Waals surface area contributed by atoms with E-state index in [2.05, 4.69) is 24.2 Å². The van der Waals surface area contributed by atoms with E-state index in [4.69, 9.17) is 11.6 Å². The Morgan fingerprint density at radius 1 is 1.47 bits per heavy atom. The van der Waals surface area contributed by atoms with Crippen molar-refractivity contribution in [2.24, 2.45) is 5.92 Å². The molecule has 2 nitrogen and oxygen atoms in total. The quantitative estimate of drug-likeness (QED) is 0.911. The van der Waals surface area contributed by atoms with Crippen molar-refractivity contribution >= 4 is 11.6 Å². The van der Waals surface area contributed by atoms with Crippen LogP contribution in [0.3, 0.4) is 0 Å². The van der Waals surface area contributed by atoms with E-state index in [1.807, 2.05) is 6.07 Å². The predicted molar refractivity (Wildman–Crippen MR) is 78.0 cm³/mol. The number of halogens is 2. The highest BCUT2D eigenvalue weighted by Gasteiger charge is 2.31. The molecule has 0 bridgehead atoms. The standard InChI is InChI=1S/C15H22ClFN2/c1-3-18-10-11-5-4-8-19(2)15(11)13-7-6-12(16)9-14(13)17/h6-7,9,11,15,18H,3-5,8,10H2,1-2H3. The zero-order chi connectivity index (χ0) is 13.8. The highest BCUT2D eigenvalue weighted by atomic mass is 35.5. The molecule has 4 heteroatoms. The van der Waals surface area contributed by atoms with Gasteiger partial charge in [-0.2, -0.15) is 0 Å². The molecule has 1 aliphatic rings. The average Bonchev–Trinajstić information content (AvgIpc) is 2.37. The van der Waals surface area contributed by atoms with E-state index < -0.39 is 0 Å². The first-order chi connectivity index (χ1) is 9.13. The molecule has 0 aromatic heterocycles. The molecule has 1 aromatic rings. The first-order valence-electron chi connectivity index (χ1n) is 6.99. The van der Waals surface area contributed by atoms with Crippen LogP contribution in [-0.2, 0) is 0 Å². The van der Waals surface area contributed by atoms with Crippen LogP contribution in [0.4, 0.5) is 4.39 Å². The molecular weight excluding hydrogens is 263 g/mol. The third-order valence-corrected chi connectivity index (χ3v) is 4.18. The maximum Gasteiger partial charge on any atom is 0.129 e. The van der Waals surface area contributed by atoms with E-state index in [-0.39, 0.29) is 11.9 Å². The molecule has 2 atom stereocenters. The summed E-state index contributed by atoms with van der Waals surface area (Å²) in [5.74, 6) is 0.266. The minimum Gasteiger partial charge on any atom is -0.317 e. The van der Waals surface area contributed by atoms with Crippen molar-refractivity contribution < 1.29 is 4.39 Å². The molecule has 1 aromatic carbocycles. The van der Waals surface area contributed by atoms with Crippen molar-refractivity contribution in [3.63, 3.8) is 0 Å². The molecule has 106 valence electrons. The van der Waals surface area contributed by atoms with Crippen LogP contribution in [0.15, 0.2) is 18.2 Å². The van der Waals surface area contributed by atoms with Gasteiger partial charge in [0.15, 0.2) is 0 Å². The SMILES string of the molecule is CCNCC1CCCN(C)C1c1ccc(Cl)cc1F. The predicted octanol–water partition coefficient (Wildman–Crippen LogP) is 3.47. The van der Waals surface area contributed by atoms with Crippen molar-refractivity contribution in [3.8, 4) is 0 Å². The van der Waals surface area contributed by atoms with Gasteiger partial charge in [-0.3, -0.25) is 4.90 Å². The number of nitrogens with zero attached hydrogens (tertiary/aromatic N) is 1. The van der Waals surface area contributed by atoms with Gasteiger partial charge in [-0.05, 0) is 57.6 Å². The van der Waals surface area contributed by atoms with Gasteiger partial charge in [0, 0.05) is 16.6 Å². The van der Waals surface area contributed by atoms with Crippen molar-refractivity contribution in [1.82, 2.24) is 10.2 Å². The van der Waals surface area contributed by atoms with Crippen LogP contribution in [-0.4, -0.2) is 31.6 Å². The van der Waals surface area contributed by atoms with Gasteiger partial charge in [0.2, 0.25) is 0 Å². The Bertz CT molecular complexity index is 425. The Balaban J connectivity index is 2.25. The summed E-state index contributed by atoms with van der Waals surface area (Å²) in [6.07, 6.45) is 2.32. The normalized spacial score (nSPS) is 24.6. The van der Waals surface area contributed by atoms with Crippen LogP contribution in [0.25, 0.3) is 0 Å². The minimum atomic E-state index is -0.187. The molecule has 2 unspecified atom stereocenters. The summed E-state index contributed by atoms with van der Waals surface area (Å²) in [5, 5.41) is 3.85. The molecular formula is C15H22ClFN2. The molecule has 1 saturated heterocycles. The van der Waals surface area contributed by atoms with Crippen LogP contribution in [0, 0.1) is 11.7 Å². The Labute approximate surface area is 119 Å². The van der Waals surface area contributed by atoms with Crippen LogP contribution in [0.1, 0.15) is 31.4 Å². The fraction of sp³-hybridized carbons (Fsp3) is 0.600. The third kappa shape index (κ3) is 3.47. The van der Waals surface area contributed by atoms with Crippen molar-refractivity contribution in [3.05, 3.63) is 34.6 Å². The smallest absolute Gasteiger partial charge is 0.129 e. The van der Waals surface area contributed by atoms with Gasteiger partial charge in [0.05, 0.1) is 0 Å². The third-order valence-electron chi connectivity index (χ3n) is 3.94. The van der Waals surface area contributed by atoms with Crippen molar-refractivity contribution in [2.75, 3.05) is 26.7 Å². The topological polar surface area (TPSA) is 15.3 Å². The molecule has 0 saturated carbocycles. The van der Waals surface area contributed by atoms with Crippen LogP contribution in [0.5, 0.6) is 0 Å². The monoisotopic (exact) mass is 284 g/mol. The lowest BCUT2D eigenvalue weighted by molar-refractivity contribution is 0.117. The van der Waals surface area contributed by atoms with Crippen LogP contribution >= 0.6 is 11.6 Å². The molecule has 1 aliphatic heterocycles. The van der Waals surface area contributed by atoms with Gasteiger partial charge in [0.25, 0.3) is 0 Å². The second-order valence-electron chi connectivity index (χ2n) is 5.30. The number of likely N-dealkylation sites (tertiary alicyclic amines) is 1.